The van der Waals surface area contributed by atoms with Crippen LogP contribution in [-0.2, 0) is 4.74 Å². The van der Waals surface area contributed by atoms with Crippen LogP contribution in [0.15, 0.2) is 77.6 Å². The molecule has 0 radical (unpaired) electrons. The normalized spacial score (nSPS) is 15.7. The lowest BCUT2D eigenvalue weighted by Crippen LogP contribution is -2.24. The van der Waals surface area contributed by atoms with Crippen LogP contribution in [0.4, 0.5) is 18.9 Å². The second-order valence-electron chi connectivity index (χ2n) is 8.19. The number of aromatic nitrogens is 3. The molecule has 5 rings (SSSR count). The lowest BCUT2D eigenvalue weighted by molar-refractivity contribution is -0.303. The highest BCUT2D eigenvalue weighted by molar-refractivity contribution is 7.80. The van der Waals surface area contributed by atoms with Crippen LogP contribution >= 0.6 is 35.4 Å². The van der Waals surface area contributed by atoms with Crippen LogP contribution in [0.2, 0.25) is 10.0 Å². The highest BCUT2D eigenvalue weighted by Gasteiger charge is 2.32. The summed E-state index contributed by atoms with van der Waals surface area (Å²) in [5.41, 5.74) is 5.48. The summed E-state index contributed by atoms with van der Waals surface area (Å²) in [6, 6.07) is 14.4. The average Bonchev–Trinajstić information content (AvgIpc) is 3.30. The molecule has 194 valence electrons. The minimum atomic E-state index is -4.73. The van der Waals surface area contributed by atoms with Crippen molar-refractivity contribution in [3.63, 3.8) is 0 Å². The van der Waals surface area contributed by atoms with Crippen molar-refractivity contribution in [1.82, 2.24) is 20.4 Å². The third kappa shape index (κ3) is 5.74. The van der Waals surface area contributed by atoms with E-state index in [1.165, 1.54) is 12.2 Å². The molecule has 0 fully saturated rings. The van der Waals surface area contributed by atoms with Crippen molar-refractivity contribution in [2.45, 2.75) is 18.8 Å². The molecule has 1 heterocycles. The van der Waals surface area contributed by atoms with Crippen LogP contribution in [0.1, 0.15) is 18.0 Å². The molecule has 0 saturated heterocycles. The predicted octanol–water partition coefficient (Wildman–Crippen LogP) is 7.13. The van der Waals surface area contributed by atoms with Gasteiger partial charge in [-0.2, -0.15) is 5.10 Å². The number of hydrogen-bond acceptors (Lipinski definition) is 5. The Morgan fingerprint density at radius 2 is 1.95 bits per heavy atom. The lowest BCUT2D eigenvalue weighted by atomic mass is 10.0. The molecule has 1 aromatic heterocycles. The number of anilines is 1. The molecule has 13 heteroatoms. The van der Waals surface area contributed by atoms with Gasteiger partial charge in [-0.3, -0.25) is 5.43 Å². The Labute approximate surface area is 229 Å². The van der Waals surface area contributed by atoms with Gasteiger partial charge in [-0.15, -0.1) is 18.3 Å². The molecule has 0 spiro atoms. The van der Waals surface area contributed by atoms with Crippen LogP contribution in [0.3, 0.4) is 0 Å². The van der Waals surface area contributed by atoms with E-state index >= 15 is 0 Å². The first kappa shape index (κ1) is 26.0. The van der Waals surface area contributed by atoms with Crippen molar-refractivity contribution in [2.75, 3.05) is 5.32 Å². The van der Waals surface area contributed by atoms with Crippen molar-refractivity contribution >= 4 is 74.2 Å². The number of fused-ring (bicyclic) bond motifs is 3. The summed E-state index contributed by atoms with van der Waals surface area (Å²) in [5.74, 6) is -0.239. The zero-order valence-corrected chi connectivity index (χ0v) is 21.5. The highest BCUT2D eigenvalue weighted by atomic mass is 35.5. The fourth-order valence-electron chi connectivity index (χ4n) is 3.98. The molecule has 0 saturated carbocycles. The molecule has 7 nitrogen and oxygen atoms in total. The number of benzene rings is 3. The molecule has 1 unspecified atom stereocenters. The van der Waals surface area contributed by atoms with E-state index in [0.717, 1.165) is 21.9 Å². The van der Waals surface area contributed by atoms with Gasteiger partial charge in [-0.25, -0.2) is 4.68 Å². The number of nitrogens with zero attached hydrogens (tertiary/aromatic N) is 4. The first-order valence-corrected chi connectivity index (χ1v) is 12.3. The van der Waals surface area contributed by atoms with E-state index in [-0.39, 0.29) is 16.9 Å². The van der Waals surface area contributed by atoms with Gasteiger partial charge in [-0.05, 0) is 66.0 Å². The van der Waals surface area contributed by atoms with Gasteiger partial charge < -0.3 is 10.1 Å². The largest absolute Gasteiger partial charge is 0.573 e. The van der Waals surface area contributed by atoms with Crippen LogP contribution in [0, 0.1) is 0 Å². The highest BCUT2D eigenvalue weighted by Crippen LogP contribution is 2.31. The SMILES string of the molecule is FC(F)(F)OC1=CCC(n2nnc3c4ccc(/C=N/NC(=S)Nc5c(Cl)cccc5Cl)cc4ccc32)C=C1. The first-order chi connectivity index (χ1) is 18.2. The topological polar surface area (TPSA) is 76.4 Å². The molecule has 0 bridgehead atoms. The number of para-hydroxylation sites is 1. The van der Waals surface area contributed by atoms with E-state index in [0.29, 0.717) is 27.7 Å². The van der Waals surface area contributed by atoms with Crippen LogP contribution in [0.5, 0.6) is 0 Å². The first-order valence-electron chi connectivity index (χ1n) is 11.1. The summed E-state index contributed by atoms with van der Waals surface area (Å²) in [6.45, 7) is 0. The Kier molecular flexibility index (Phi) is 7.24. The number of allylic oxidation sites excluding steroid dienone is 3. The maximum atomic E-state index is 12.5. The van der Waals surface area contributed by atoms with E-state index in [9.17, 15) is 13.2 Å². The Morgan fingerprint density at radius 3 is 2.66 bits per heavy atom. The molecular weight excluding hydrogens is 560 g/mol. The molecule has 0 amide bonds. The fourth-order valence-corrected chi connectivity index (χ4v) is 4.63. The number of nitrogens with one attached hydrogen (secondary N) is 2. The Morgan fingerprint density at radius 1 is 1.16 bits per heavy atom. The summed E-state index contributed by atoms with van der Waals surface area (Å²) >= 11 is 17.5. The third-order valence-electron chi connectivity index (χ3n) is 5.65. The molecule has 0 aliphatic heterocycles. The van der Waals surface area contributed by atoms with Crippen molar-refractivity contribution in [2.24, 2.45) is 5.10 Å². The predicted molar refractivity (Wildman–Crippen MR) is 146 cm³/mol. The maximum absolute atomic E-state index is 12.5. The van der Waals surface area contributed by atoms with Gasteiger partial charge in [-0.1, -0.05) is 58.8 Å². The van der Waals surface area contributed by atoms with Crippen LogP contribution in [-0.4, -0.2) is 32.7 Å². The van der Waals surface area contributed by atoms with Crippen LogP contribution < -0.4 is 10.7 Å². The Bertz CT molecular complexity index is 1610. The number of ether oxygens (including phenoxy) is 1. The average molecular weight is 577 g/mol. The van der Waals surface area contributed by atoms with Gasteiger partial charge >= 0.3 is 6.36 Å². The molecule has 1 aliphatic rings. The van der Waals surface area contributed by atoms with Crippen molar-refractivity contribution < 1.29 is 17.9 Å². The summed E-state index contributed by atoms with van der Waals surface area (Å²) in [6.07, 6.45) is 1.47. The maximum Gasteiger partial charge on any atom is 0.573 e. The standard InChI is InChI=1S/C25H17Cl2F3N6OS/c26-19-2-1-3-20(27)23(19)32-24(38)34-31-13-14-4-10-18-15(12-14)5-11-21-22(18)33-35-36(21)16-6-8-17(9-7-16)37-25(28,29)30/h1-6,8-13,16H,7H2,(H2,32,34,38)/b31-13+. The van der Waals surface area contributed by atoms with Gasteiger partial charge in [0.1, 0.15) is 11.3 Å². The van der Waals surface area contributed by atoms with Gasteiger partial charge in [0.15, 0.2) is 5.11 Å². The summed E-state index contributed by atoms with van der Waals surface area (Å²) in [4.78, 5) is 0. The van der Waals surface area contributed by atoms with E-state index in [1.807, 2.05) is 30.3 Å². The second-order valence-corrected chi connectivity index (χ2v) is 9.41. The van der Waals surface area contributed by atoms with Gasteiger partial charge in [0.2, 0.25) is 0 Å². The summed E-state index contributed by atoms with van der Waals surface area (Å²) < 4.78 is 43.0. The second kappa shape index (κ2) is 10.6. The molecule has 3 aromatic carbocycles. The molecular formula is C25H17Cl2F3N6OS. The zero-order valence-electron chi connectivity index (χ0n) is 19.2. The molecule has 38 heavy (non-hydrogen) atoms. The number of hydrazone groups is 1. The van der Waals surface area contributed by atoms with Crippen molar-refractivity contribution in [3.05, 3.63) is 88.1 Å². The third-order valence-corrected chi connectivity index (χ3v) is 6.48. The number of thiocarbonyl (C=S) groups is 1. The molecule has 2 N–H and O–H groups in total. The number of halogens is 5. The van der Waals surface area contributed by atoms with E-state index < -0.39 is 6.36 Å². The van der Waals surface area contributed by atoms with Crippen LogP contribution in [0.25, 0.3) is 21.8 Å². The monoisotopic (exact) mass is 576 g/mol. The minimum absolute atomic E-state index is 0.221. The Balaban J connectivity index is 1.29. The number of hydrogen-bond donors (Lipinski definition) is 2. The number of rotatable bonds is 5. The fraction of sp³-hybridized carbons (Fsp3) is 0.120. The van der Waals surface area contributed by atoms with Crippen molar-refractivity contribution in [1.29, 1.82) is 0 Å². The summed E-state index contributed by atoms with van der Waals surface area (Å²) in [5, 5.41) is 18.5. The van der Waals surface area contributed by atoms with E-state index in [2.05, 4.69) is 30.9 Å². The lowest BCUT2D eigenvalue weighted by Gasteiger charge is -2.18. The molecule has 4 aromatic rings. The number of alkyl halides is 3. The summed E-state index contributed by atoms with van der Waals surface area (Å²) in [7, 11) is 0. The van der Waals surface area contributed by atoms with Gasteiger partial charge in [0.05, 0.1) is 33.5 Å². The smallest absolute Gasteiger partial charge is 0.406 e. The van der Waals surface area contributed by atoms with E-state index in [1.54, 1.807) is 35.2 Å². The Hall–Kier alpha value is -3.67. The minimum Gasteiger partial charge on any atom is -0.406 e. The van der Waals surface area contributed by atoms with E-state index in [4.69, 9.17) is 35.4 Å². The van der Waals surface area contributed by atoms with Gasteiger partial charge in [0.25, 0.3) is 0 Å². The van der Waals surface area contributed by atoms with Gasteiger partial charge in [0, 0.05) is 5.39 Å². The molecule has 1 atom stereocenters. The quantitative estimate of drug-likeness (QED) is 0.149. The van der Waals surface area contributed by atoms with Crippen molar-refractivity contribution in [3.8, 4) is 0 Å². The zero-order chi connectivity index (χ0) is 26.9. The molecule has 1 aliphatic carbocycles.